The third-order valence-electron chi connectivity index (χ3n) is 24.3. The van der Waals surface area contributed by atoms with Gasteiger partial charge in [0.25, 0.3) is 0 Å². The fourth-order valence-corrected chi connectivity index (χ4v) is 19.0. The van der Waals surface area contributed by atoms with Gasteiger partial charge in [0, 0.05) is 82.6 Å². The van der Waals surface area contributed by atoms with Gasteiger partial charge in [-0.15, -0.1) is 0 Å². The zero-order chi connectivity index (χ0) is 76.2. The van der Waals surface area contributed by atoms with Gasteiger partial charge in [0.2, 0.25) is 0 Å². The van der Waals surface area contributed by atoms with E-state index < -0.39 is 0 Å². The highest BCUT2D eigenvalue weighted by Gasteiger charge is 2.36. The van der Waals surface area contributed by atoms with Gasteiger partial charge in [-0.05, 0) is 196 Å². The third-order valence-corrected chi connectivity index (χ3v) is 24.3. The summed E-state index contributed by atoms with van der Waals surface area (Å²) in [5.41, 5.74) is 26.4. The number of fused-ring (bicyclic) bond motifs is 23. The molecule has 22 aromatic rings. The smallest absolute Gasteiger partial charge is 0.0619 e. The first-order valence-electron chi connectivity index (χ1n) is 39.9. The Balaban J connectivity index is 0.000000140. The lowest BCUT2D eigenvalue weighted by Gasteiger charge is -2.28. The zero-order valence-electron chi connectivity index (χ0n) is 63.7. The molecule has 0 N–H and O–H groups in total. The van der Waals surface area contributed by atoms with Crippen LogP contribution in [-0.4, -0.2) is 8.80 Å². The highest BCUT2D eigenvalue weighted by Crippen LogP contribution is 2.52. The van der Waals surface area contributed by atoms with Gasteiger partial charge in [-0.3, -0.25) is 0 Å². The minimum atomic E-state index is -0.119. The number of para-hydroxylation sites is 4. The maximum atomic E-state index is 2.52. The fourth-order valence-electron chi connectivity index (χ4n) is 19.0. The highest BCUT2D eigenvalue weighted by atomic mass is 15.1. The summed E-state index contributed by atoms with van der Waals surface area (Å²) in [6.45, 7) is 4.73. The summed E-state index contributed by atoms with van der Waals surface area (Å²) < 4.78 is 5.03. The molecule has 115 heavy (non-hydrogen) atoms. The molecule has 0 atom stereocenters. The zero-order valence-corrected chi connectivity index (χ0v) is 63.7. The number of rotatable bonds is 9. The molecule has 0 bridgehead atoms. The Labute approximate surface area is 667 Å². The second-order valence-electron chi connectivity index (χ2n) is 31.0. The molecule has 23 rings (SSSR count). The Morgan fingerprint density at radius 3 is 0.817 bits per heavy atom. The van der Waals surface area contributed by atoms with Crippen LogP contribution in [0, 0.1) is 0 Å². The Morgan fingerprint density at radius 2 is 0.426 bits per heavy atom. The van der Waals surface area contributed by atoms with Crippen molar-refractivity contribution in [2.75, 3.05) is 9.80 Å². The van der Waals surface area contributed by atoms with Crippen molar-refractivity contribution in [2.24, 2.45) is 0 Å². The standard InChI is InChI=1S/C57H40N2.C54H36N2/c1-57(2)52-25-12-10-21-46(52)47-33-31-41(36-53(47)57)58(39-29-27-38(28-30-39)37-15-4-3-5-16-37)40-32-34-55-51(35-40)50-24-14-23-49-45-20-9-7-18-43(45)42-17-6-8-19-44(42)48-22-11-13-26-54(48)59(55)56(49)50;1-3-14-37(15-4-1)39-26-30-41(31-27-39)55(42-32-28-40(29-33-42)38-16-5-2-6-17-38)43-34-35-53-51(36-43)50-24-13-23-49-47-21-10-8-19-45(47)44-18-7-9-20-46(44)48-22-11-12-25-52(48)56(53)54(49)50/h3-36H,1-2H3;1-36H. The molecule has 0 saturated heterocycles. The van der Waals surface area contributed by atoms with Gasteiger partial charge in [-0.2, -0.15) is 0 Å². The van der Waals surface area contributed by atoms with Gasteiger partial charge in [-0.25, -0.2) is 0 Å². The van der Waals surface area contributed by atoms with E-state index in [2.05, 4.69) is 457 Å². The first kappa shape index (κ1) is 67.1. The van der Waals surface area contributed by atoms with Crippen LogP contribution in [-0.2, 0) is 5.41 Å². The molecule has 540 valence electrons. The van der Waals surface area contributed by atoms with E-state index in [1.165, 1.54) is 175 Å². The van der Waals surface area contributed by atoms with E-state index in [0.717, 1.165) is 34.1 Å². The second-order valence-corrected chi connectivity index (χ2v) is 31.0. The van der Waals surface area contributed by atoms with Crippen LogP contribution in [0.1, 0.15) is 25.0 Å². The van der Waals surface area contributed by atoms with Crippen LogP contribution in [0.2, 0.25) is 0 Å². The maximum Gasteiger partial charge on any atom is 0.0619 e. The predicted octanol–water partition coefficient (Wildman–Crippen LogP) is 30.8. The minimum Gasteiger partial charge on any atom is -0.310 e. The molecule has 0 fully saturated rings. The van der Waals surface area contributed by atoms with Crippen LogP contribution >= 0.6 is 0 Å². The summed E-state index contributed by atoms with van der Waals surface area (Å²) in [4.78, 5) is 4.84. The summed E-state index contributed by atoms with van der Waals surface area (Å²) in [6, 6.07) is 156. The molecule has 0 spiro atoms. The summed E-state index contributed by atoms with van der Waals surface area (Å²) in [7, 11) is 0. The van der Waals surface area contributed by atoms with Crippen LogP contribution in [0.5, 0.6) is 0 Å². The van der Waals surface area contributed by atoms with Crippen LogP contribution in [0.15, 0.2) is 425 Å². The van der Waals surface area contributed by atoms with Crippen LogP contribution < -0.4 is 9.80 Å². The van der Waals surface area contributed by atoms with E-state index in [-0.39, 0.29) is 5.41 Å². The lowest BCUT2D eigenvalue weighted by Crippen LogP contribution is -2.16. The van der Waals surface area contributed by atoms with E-state index in [4.69, 9.17) is 0 Å². The summed E-state index contributed by atoms with van der Waals surface area (Å²) in [5, 5.41) is 19.7. The first-order chi connectivity index (χ1) is 56.8. The van der Waals surface area contributed by atoms with Gasteiger partial charge in [0.15, 0.2) is 0 Å². The number of anilines is 6. The molecular weight excluding hydrogens is 1390 g/mol. The third kappa shape index (κ3) is 11.0. The molecule has 4 nitrogen and oxygen atoms in total. The van der Waals surface area contributed by atoms with Gasteiger partial charge >= 0.3 is 0 Å². The minimum absolute atomic E-state index is 0.119. The van der Waals surface area contributed by atoms with Gasteiger partial charge in [0.1, 0.15) is 0 Å². The lowest BCUT2D eigenvalue weighted by atomic mass is 9.82. The van der Waals surface area contributed by atoms with Gasteiger partial charge in [0.05, 0.1) is 33.1 Å². The average molecular weight is 1470 g/mol. The maximum absolute atomic E-state index is 2.52. The molecule has 1 aliphatic rings. The van der Waals surface area contributed by atoms with Crippen molar-refractivity contribution in [3.05, 3.63) is 436 Å². The van der Waals surface area contributed by atoms with E-state index in [0.29, 0.717) is 0 Å². The van der Waals surface area contributed by atoms with Gasteiger partial charge < -0.3 is 18.6 Å². The van der Waals surface area contributed by atoms with Gasteiger partial charge in [-0.1, -0.05) is 341 Å². The number of hydrogen-bond acceptors (Lipinski definition) is 2. The van der Waals surface area contributed by atoms with Crippen molar-refractivity contribution < 1.29 is 0 Å². The van der Waals surface area contributed by atoms with Crippen molar-refractivity contribution in [1.82, 2.24) is 8.80 Å². The van der Waals surface area contributed by atoms with Crippen molar-refractivity contribution in [2.45, 2.75) is 19.3 Å². The Morgan fingerprint density at radius 1 is 0.174 bits per heavy atom. The Hall–Kier alpha value is -14.8. The van der Waals surface area contributed by atoms with Crippen LogP contribution in [0.25, 0.3) is 164 Å². The second kappa shape index (κ2) is 27.3. The SMILES string of the molecule is CC1(C)c2ccccc2-c2ccc(N(c3ccc(-c4ccccc4)cc3)c3ccc4c(c3)c3cccc5c6ccccc6c6ccccc6c6ccccc6n4c53)cc21.c1ccc(-c2ccc(N(c3ccc(-c4ccccc4)cc3)c3ccc4c(c3)c3cccc5c6ccccc6c6ccccc6c6ccccc6n4c53)cc2)cc1. The Kier molecular flexibility index (Phi) is 15.9. The van der Waals surface area contributed by atoms with Crippen LogP contribution in [0.4, 0.5) is 34.1 Å². The van der Waals surface area contributed by atoms with Crippen LogP contribution in [0.3, 0.4) is 0 Å². The summed E-state index contributed by atoms with van der Waals surface area (Å²) in [6.07, 6.45) is 0. The van der Waals surface area contributed by atoms with Crippen molar-refractivity contribution in [1.29, 1.82) is 0 Å². The molecule has 0 aliphatic heterocycles. The molecular formula is C111H76N4. The number of hydrogen-bond donors (Lipinski definition) is 0. The predicted molar refractivity (Wildman–Crippen MR) is 491 cm³/mol. The average Bonchev–Trinajstić information content (AvgIpc) is 1.56. The molecule has 0 amide bonds. The number of benzene rings is 18. The molecule has 1 aliphatic carbocycles. The molecule has 18 aromatic carbocycles. The molecule has 4 heterocycles. The number of nitrogens with zero attached hydrogens (tertiary/aromatic N) is 4. The molecule has 4 heteroatoms. The highest BCUT2D eigenvalue weighted by molar-refractivity contribution is 6.27. The molecule has 4 aromatic heterocycles. The lowest BCUT2D eigenvalue weighted by molar-refractivity contribution is 0.660. The molecule has 0 radical (unpaired) electrons. The van der Waals surface area contributed by atoms with E-state index in [9.17, 15) is 0 Å². The monoisotopic (exact) mass is 1460 g/mol. The topological polar surface area (TPSA) is 15.3 Å². The van der Waals surface area contributed by atoms with E-state index in [1.807, 2.05) is 0 Å². The van der Waals surface area contributed by atoms with Crippen molar-refractivity contribution >= 4 is 153 Å². The molecule has 0 unspecified atom stereocenters. The first-order valence-corrected chi connectivity index (χ1v) is 39.9. The normalized spacial score (nSPS) is 12.3. The largest absolute Gasteiger partial charge is 0.310 e. The van der Waals surface area contributed by atoms with E-state index in [1.54, 1.807) is 0 Å². The van der Waals surface area contributed by atoms with Crippen molar-refractivity contribution in [3.8, 4) is 44.5 Å². The fraction of sp³-hybridized carbons (Fsp3) is 0.0270. The molecule has 0 saturated carbocycles. The Bertz CT molecular complexity index is 7630. The quantitative estimate of drug-likeness (QED) is 0.143. The van der Waals surface area contributed by atoms with E-state index >= 15 is 0 Å². The summed E-state index contributed by atoms with van der Waals surface area (Å²) >= 11 is 0. The number of aromatic nitrogens is 2. The summed E-state index contributed by atoms with van der Waals surface area (Å²) in [5.74, 6) is 0. The van der Waals surface area contributed by atoms with Crippen molar-refractivity contribution in [3.63, 3.8) is 0 Å².